The molecule has 0 N–H and O–H groups in total. The van der Waals surface area contributed by atoms with E-state index < -0.39 is 0 Å². The number of hydrogen-bond acceptors (Lipinski definition) is 6. The lowest BCUT2D eigenvalue weighted by atomic mass is 9.73. The van der Waals surface area contributed by atoms with E-state index >= 15 is 0 Å². The SMILES string of the molecule is COc1cccc(C(=O)N2CCCC3(CCCN(c4nccc(C)n4)C3)C2)n1. The number of aromatic nitrogens is 3. The molecule has 4 rings (SSSR count). The minimum absolute atomic E-state index is 0.0121. The Kier molecular flexibility index (Phi) is 5.15. The number of methoxy groups -OCH3 is 1. The highest BCUT2D eigenvalue weighted by molar-refractivity contribution is 5.92. The highest BCUT2D eigenvalue weighted by atomic mass is 16.5. The normalized spacial score (nSPS) is 22.4. The van der Waals surface area contributed by atoms with E-state index in [4.69, 9.17) is 4.74 Å². The van der Waals surface area contributed by atoms with Gasteiger partial charge in [0.25, 0.3) is 5.91 Å². The van der Waals surface area contributed by atoms with Crippen LogP contribution in [0.15, 0.2) is 30.5 Å². The van der Waals surface area contributed by atoms with Crippen molar-refractivity contribution in [2.75, 3.05) is 38.2 Å². The number of anilines is 1. The van der Waals surface area contributed by atoms with Gasteiger partial charge in [-0.05, 0) is 44.7 Å². The van der Waals surface area contributed by atoms with Crippen molar-refractivity contribution >= 4 is 11.9 Å². The van der Waals surface area contributed by atoms with Crippen LogP contribution < -0.4 is 9.64 Å². The average molecular weight is 381 g/mol. The maximum atomic E-state index is 13.1. The Morgan fingerprint density at radius 2 is 1.93 bits per heavy atom. The maximum Gasteiger partial charge on any atom is 0.272 e. The van der Waals surface area contributed by atoms with Crippen LogP contribution in [-0.2, 0) is 0 Å². The van der Waals surface area contributed by atoms with Crippen molar-refractivity contribution in [1.29, 1.82) is 0 Å². The van der Waals surface area contributed by atoms with Gasteiger partial charge in [-0.15, -0.1) is 0 Å². The molecule has 0 radical (unpaired) electrons. The molecule has 2 aliphatic rings. The van der Waals surface area contributed by atoms with Gasteiger partial charge in [0.05, 0.1) is 7.11 Å². The van der Waals surface area contributed by atoms with Crippen molar-refractivity contribution in [3.05, 3.63) is 41.9 Å². The van der Waals surface area contributed by atoms with E-state index in [0.717, 1.165) is 63.5 Å². The van der Waals surface area contributed by atoms with Crippen LogP contribution in [0.25, 0.3) is 0 Å². The third-order valence-corrected chi connectivity index (χ3v) is 5.83. The molecule has 2 saturated heterocycles. The van der Waals surface area contributed by atoms with Crippen LogP contribution in [0.5, 0.6) is 5.88 Å². The molecule has 0 aromatic carbocycles. The van der Waals surface area contributed by atoms with Gasteiger partial charge in [0, 0.05) is 49.6 Å². The first-order valence-electron chi connectivity index (χ1n) is 9.94. The van der Waals surface area contributed by atoms with Gasteiger partial charge in [0.2, 0.25) is 11.8 Å². The Morgan fingerprint density at radius 3 is 2.71 bits per heavy atom. The summed E-state index contributed by atoms with van der Waals surface area (Å²) in [6.07, 6.45) is 6.19. The molecule has 2 aromatic heterocycles. The molecular formula is C21H27N5O2. The lowest BCUT2D eigenvalue weighted by molar-refractivity contribution is 0.0459. The second kappa shape index (κ2) is 7.73. The number of carbonyl (C=O) groups is 1. The molecule has 4 heterocycles. The molecule has 0 aliphatic carbocycles. The Labute approximate surface area is 165 Å². The van der Waals surface area contributed by atoms with Crippen LogP contribution in [0.4, 0.5) is 5.95 Å². The smallest absolute Gasteiger partial charge is 0.272 e. The monoisotopic (exact) mass is 381 g/mol. The quantitative estimate of drug-likeness (QED) is 0.814. The van der Waals surface area contributed by atoms with Crippen LogP contribution in [0.3, 0.4) is 0 Å². The number of nitrogens with zero attached hydrogens (tertiary/aromatic N) is 5. The molecule has 7 heteroatoms. The van der Waals surface area contributed by atoms with Gasteiger partial charge in [-0.25, -0.2) is 15.0 Å². The van der Waals surface area contributed by atoms with Crippen LogP contribution in [0.1, 0.15) is 41.9 Å². The molecule has 2 fully saturated rings. The molecule has 2 aliphatic heterocycles. The molecule has 0 saturated carbocycles. The molecule has 1 amide bonds. The predicted octanol–water partition coefficient (Wildman–Crippen LogP) is 2.71. The highest BCUT2D eigenvalue weighted by Crippen LogP contribution is 2.39. The minimum atomic E-state index is -0.0121. The highest BCUT2D eigenvalue weighted by Gasteiger charge is 2.41. The Hall–Kier alpha value is -2.70. The van der Waals surface area contributed by atoms with Gasteiger partial charge >= 0.3 is 0 Å². The second-order valence-electron chi connectivity index (χ2n) is 7.92. The number of rotatable bonds is 3. The number of likely N-dealkylation sites (tertiary alicyclic amines) is 1. The summed E-state index contributed by atoms with van der Waals surface area (Å²) in [6, 6.07) is 7.26. The molecule has 1 unspecified atom stereocenters. The second-order valence-corrected chi connectivity index (χ2v) is 7.92. The van der Waals surface area contributed by atoms with Crippen molar-refractivity contribution in [1.82, 2.24) is 19.9 Å². The van der Waals surface area contributed by atoms with Crippen molar-refractivity contribution in [2.24, 2.45) is 5.41 Å². The molecule has 148 valence electrons. The van der Waals surface area contributed by atoms with E-state index in [1.54, 1.807) is 19.2 Å². The van der Waals surface area contributed by atoms with Gasteiger partial charge in [-0.3, -0.25) is 4.79 Å². The number of piperidine rings is 2. The largest absolute Gasteiger partial charge is 0.481 e. The summed E-state index contributed by atoms with van der Waals surface area (Å²) in [7, 11) is 1.57. The lowest BCUT2D eigenvalue weighted by Crippen LogP contribution is -2.54. The summed E-state index contributed by atoms with van der Waals surface area (Å²) >= 11 is 0. The summed E-state index contributed by atoms with van der Waals surface area (Å²) < 4.78 is 5.17. The minimum Gasteiger partial charge on any atom is -0.481 e. The van der Waals surface area contributed by atoms with E-state index in [1.165, 1.54) is 0 Å². The van der Waals surface area contributed by atoms with E-state index in [-0.39, 0.29) is 11.3 Å². The summed E-state index contributed by atoms with van der Waals surface area (Å²) in [6.45, 7) is 5.39. The maximum absolute atomic E-state index is 13.1. The standard InChI is InChI=1S/C21H27N5O2/c1-16-8-11-22-20(23-16)26-13-5-10-21(15-26)9-4-12-25(14-21)19(27)17-6-3-7-18(24-17)28-2/h3,6-8,11H,4-5,9-10,12-15H2,1-2H3. The number of aryl methyl sites for hydroxylation is 1. The summed E-state index contributed by atoms with van der Waals surface area (Å²) in [5.74, 6) is 1.26. The van der Waals surface area contributed by atoms with Gasteiger partial charge in [-0.1, -0.05) is 6.07 Å². The summed E-state index contributed by atoms with van der Waals surface area (Å²) in [5, 5.41) is 0. The zero-order valence-electron chi connectivity index (χ0n) is 16.6. The fraction of sp³-hybridized carbons (Fsp3) is 0.524. The van der Waals surface area contributed by atoms with E-state index in [1.807, 2.05) is 30.2 Å². The topological polar surface area (TPSA) is 71.5 Å². The molecule has 0 bridgehead atoms. The van der Waals surface area contributed by atoms with Gasteiger partial charge in [0.1, 0.15) is 5.69 Å². The van der Waals surface area contributed by atoms with Crippen LogP contribution in [-0.4, -0.2) is 59.0 Å². The Balaban J connectivity index is 1.51. The van der Waals surface area contributed by atoms with Crippen molar-refractivity contribution in [3.8, 4) is 5.88 Å². The Morgan fingerprint density at radius 1 is 1.11 bits per heavy atom. The van der Waals surface area contributed by atoms with Crippen LogP contribution in [0, 0.1) is 12.3 Å². The van der Waals surface area contributed by atoms with Crippen molar-refractivity contribution in [2.45, 2.75) is 32.6 Å². The number of pyridine rings is 1. The van der Waals surface area contributed by atoms with Gasteiger partial charge in [0.15, 0.2) is 0 Å². The molecule has 1 atom stereocenters. The molecule has 2 aromatic rings. The summed E-state index contributed by atoms with van der Waals surface area (Å²) in [4.78, 5) is 30.7. The third kappa shape index (κ3) is 3.79. The lowest BCUT2D eigenvalue weighted by Gasteiger charge is -2.48. The fourth-order valence-electron chi connectivity index (χ4n) is 4.49. The first-order chi connectivity index (χ1) is 13.6. The number of amides is 1. The van der Waals surface area contributed by atoms with E-state index in [2.05, 4.69) is 19.9 Å². The molecule has 1 spiro atoms. The molecule has 7 nitrogen and oxygen atoms in total. The van der Waals surface area contributed by atoms with E-state index in [0.29, 0.717) is 11.6 Å². The first kappa shape index (κ1) is 18.7. The third-order valence-electron chi connectivity index (χ3n) is 5.83. The van der Waals surface area contributed by atoms with Gasteiger partial charge in [-0.2, -0.15) is 0 Å². The van der Waals surface area contributed by atoms with E-state index in [9.17, 15) is 4.79 Å². The fourth-order valence-corrected chi connectivity index (χ4v) is 4.49. The predicted molar refractivity (Wildman–Crippen MR) is 107 cm³/mol. The number of ether oxygens (including phenoxy) is 1. The molecular weight excluding hydrogens is 354 g/mol. The first-order valence-corrected chi connectivity index (χ1v) is 9.94. The van der Waals surface area contributed by atoms with Crippen molar-refractivity contribution < 1.29 is 9.53 Å². The van der Waals surface area contributed by atoms with Crippen LogP contribution >= 0.6 is 0 Å². The zero-order chi connectivity index (χ0) is 19.6. The number of carbonyl (C=O) groups excluding carboxylic acids is 1. The number of hydrogen-bond donors (Lipinski definition) is 0. The zero-order valence-corrected chi connectivity index (χ0v) is 16.6. The molecule has 28 heavy (non-hydrogen) atoms. The summed E-state index contributed by atoms with van der Waals surface area (Å²) in [5.41, 5.74) is 1.53. The average Bonchev–Trinajstić information content (AvgIpc) is 2.73. The Bertz CT molecular complexity index is 854. The van der Waals surface area contributed by atoms with Crippen molar-refractivity contribution in [3.63, 3.8) is 0 Å². The van der Waals surface area contributed by atoms with Crippen LogP contribution in [0.2, 0.25) is 0 Å². The van der Waals surface area contributed by atoms with Gasteiger partial charge < -0.3 is 14.5 Å².